The molecule has 0 aromatic carbocycles. The quantitative estimate of drug-likeness (QED) is 0.682. The molecule has 15 heavy (non-hydrogen) atoms. The second-order valence-corrected chi connectivity index (χ2v) is 3.60. The Morgan fingerprint density at radius 1 is 1.47 bits per heavy atom. The molecule has 78 valence electrons. The molecule has 0 radical (unpaired) electrons. The zero-order valence-electron chi connectivity index (χ0n) is 8.93. The third-order valence-electron chi connectivity index (χ3n) is 2.19. The first-order valence-corrected chi connectivity index (χ1v) is 4.61. The van der Waals surface area contributed by atoms with Gasteiger partial charge in [-0.1, -0.05) is 0 Å². The Hall–Kier alpha value is -1.91. The van der Waals surface area contributed by atoms with E-state index >= 15 is 0 Å². The highest BCUT2D eigenvalue weighted by Crippen LogP contribution is 2.16. The molecule has 0 atom stereocenters. The first kappa shape index (κ1) is 9.64. The predicted molar refractivity (Wildman–Crippen MR) is 57.4 cm³/mol. The van der Waals surface area contributed by atoms with Gasteiger partial charge < -0.3 is 4.90 Å². The van der Waals surface area contributed by atoms with Gasteiger partial charge in [0.05, 0.1) is 11.8 Å². The van der Waals surface area contributed by atoms with E-state index in [1.807, 2.05) is 32.0 Å². The Labute approximate surface area is 87.3 Å². The van der Waals surface area contributed by atoms with Gasteiger partial charge in [0, 0.05) is 25.9 Å². The normalized spacial score (nSPS) is 10.6. The molecule has 0 aliphatic heterocycles. The van der Waals surface area contributed by atoms with Gasteiger partial charge in [0.1, 0.15) is 5.82 Å². The molecule has 0 saturated carbocycles. The van der Waals surface area contributed by atoms with Crippen molar-refractivity contribution < 1.29 is 4.79 Å². The van der Waals surface area contributed by atoms with Gasteiger partial charge in [0.15, 0.2) is 11.9 Å². The Bertz CT molecular complexity index is 515. The molecule has 0 N–H and O–H groups in total. The molecular formula is C10H12N4O. The van der Waals surface area contributed by atoms with Crippen molar-refractivity contribution in [3.8, 4) is 0 Å². The maximum absolute atomic E-state index is 10.8. The Morgan fingerprint density at radius 3 is 2.80 bits per heavy atom. The average molecular weight is 204 g/mol. The van der Waals surface area contributed by atoms with Crippen LogP contribution in [-0.2, 0) is 0 Å². The highest BCUT2D eigenvalue weighted by molar-refractivity contribution is 5.84. The Kier molecular flexibility index (Phi) is 2.15. The number of carbonyl (C=O) groups excluding carboxylic acids is 1. The lowest BCUT2D eigenvalue weighted by molar-refractivity contribution is 0.112. The topological polar surface area (TPSA) is 50.5 Å². The number of carbonyl (C=O) groups is 1. The molecule has 0 amide bonds. The standard InChI is InChI=1S/C10H12N4O/c1-7-4-9(13(2)3)14-10(12-7)8(6-15)5-11-14/h4-6H,1-3H3. The summed E-state index contributed by atoms with van der Waals surface area (Å²) in [5, 5.41) is 4.13. The number of aryl methyl sites for hydroxylation is 1. The van der Waals surface area contributed by atoms with Gasteiger partial charge in [-0.2, -0.15) is 9.61 Å². The smallest absolute Gasteiger partial charge is 0.168 e. The highest BCUT2D eigenvalue weighted by atomic mass is 16.1. The van der Waals surface area contributed by atoms with Crippen molar-refractivity contribution >= 4 is 17.8 Å². The van der Waals surface area contributed by atoms with Crippen molar-refractivity contribution in [2.75, 3.05) is 19.0 Å². The third kappa shape index (κ3) is 1.45. The van der Waals surface area contributed by atoms with Gasteiger partial charge >= 0.3 is 0 Å². The summed E-state index contributed by atoms with van der Waals surface area (Å²) in [4.78, 5) is 17.0. The van der Waals surface area contributed by atoms with Gasteiger partial charge in [0.25, 0.3) is 0 Å². The van der Waals surface area contributed by atoms with Crippen molar-refractivity contribution in [2.45, 2.75) is 6.92 Å². The first-order valence-electron chi connectivity index (χ1n) is 4.61. The van der Waals surface area contributed by atoms with E-state index in [9.17, 15) is 4.79 Å². The van der Waals surface area contributed by atoms with Crippen LogP contribution in [0.4, 0.5) is 5.82 Å². The Morgan fingerprint density at radius 2 is 2.20 bits per heavy atom. The molecule has 0 fully saturated rings. The molecule has 5 heteroatoms. The molecule has 0 aliphatic rings. The molecule has 5 nitrogen and oxygen atoms in total. The van der Waals surface area contributed by atoms with Crippen LogP contribution in [0, 0.1) is 6.92 Å². The molecule has 0 spiro atoms. The van der Waals surface area contributed by atoms with E-state index in [-0.39, 0.29) is 0 Å². The largest absolute Gasteiger partial charge is 0.363 e. The zero-order chi connectivity index (χ0) is 11.0. The second-order valence-electron chi connectivity index (χ2n) is 3.60. The van der Waals surface area contributed by atoms with Crippen molar-refractivity contribution in [2.24, 2.45) is 0 Å². The van der Waals surface area contributed by atoms with Crippen molar-refractivity contribution in [1.29, 1.82) is 0 Å². The van der Waals surface area contributed by atoms with Gasteiger partial charge in [-0.15, -0.1) is 0 Å². The average Bonchev–Trinajstić information content (AvgIpc) is 2.58. The fourth-order valence-corrected chi connectivity index (χ4v) is 1.48. The summed E-state index contributed by atoms with van der Waals surface area (Å²) in [6, 6.07) is 1.93. The van der Waals surface area contributed by atoms with Gasteiger partial charge in [-0.05, 0) is 6.92 Å². The number of aromatic nitrogens is 3. The molecule has 0 saturated heterocycles. The van der Waals surface area contributed by atoms with Gasteiger partial charge in [-0.3, -0.25) is 4.79 Å². The lowest BCUT2D eigenvalue weighted by atomic mass is 10.3. The molecular weight excluding hydrogens is 192 g/mol. The number of hydrogen-bond donors (Lipinski definition) is 0. The summed E-state index contributed by atoms with van der Waals surface area (Å²) in [5.41, 5.74) is 1.99. The molecule has 0 bridgehead atoms. The SMILES string of the molecule is Cc1cc(N(C)C)n2ncc(C=O)c2n1. The van der Waals surface area contributed by atoms with Crippen LogP contribution in [0.1, 0.15) is 16.1 Å². The summed E-state index contributed by atoms with van der Waals surface area (Å²) in [6.07, 6.45) is 2.30. The summed E-state index contributed by atoms with van der Waals surface area (Å²) in [7, 11) is 3.85. The number of hydrogen-bond acceptors (Lipinski definition) is 4. The first-order chi connectivity index (χ1) is 7.13. The monoisotopic (exact) mass is 204 g/mol. The number of anilines is 1. The molecule has 2 aromatic heterocycles. The van der Waals surface area contributed by atoms with Crippen molar-refractivity contribution in [3.63, 3.8) is 0 Å². The third-order valence-corrected chi connectivity index (χ3v) is 2.19. The Balaban J connectivity index is 2.82. The minimum Gasteiger partial charge on any atom is -0.363 e. The van der Waals surface area contributed by atoms with Crippen molar-refractivity contribution in [1.82, 2.24) is 14.6 Å². The van der Waals surface area contributed by atoms with Crippen LogP contribution in [0.3, 0.4) is 0 Å². The lowest BCUT2D eigenvalue weighted by Crippen LogP contribution is -2.14. The van der Waals surface area contributed by atoms with Crippen LogP contribution in [0.25, 0.3) is 5.65 Å². The highest BCUT2D eigenvalue weighted by Gasteiger charge is 2.10. The summed E-state index contributed by atoms with van der Waals surface area (Å²) in [6.45, 7) is 1.90. The van der Waals surface area contributed by atoms with Crippen LogP contribution < -0.4 is 4.90 Å². The molecule has 2 rings (SSSR count). The van der Waals surface area contributed by atoms with E-state index < -0.39 is 0 Å². The van der Waals surface area contributed by atoms with Crippen LogP contribution in [0.5, 0.6) is 0 Å². The van der Waals surface area contributed by atoms with Crippen LogP contribution in [-0.4, -0.2) is 35.0 Å². The minimum absolute atomic E-state index is 0.516. The van der Waals surface area contributed by atoms with E-state index in [0.29, 0.717) is 11.2 Å². The summed E-state index contributed by atoms with van der Waals surface area (Å²) in [5.74, 6) is 0.908. The van der Waals surface area contributed by atoms with Gasteiger partial charge in [0.2, 0.25) is 0 Å². The number of aldehydes is 1. The number of rotatable bonds is 2. The second kappa shape index (κ2) is 3.34. The van der Waals surface area contributed by atoms with E-state index in [4.69, 9.17) is 0 Å². The fraction of sp³-hybridized carbons (Fsp3) is 0.300. The van der Waals surface area contributed by atoms with Crippen molar-refractivity contribution in [3.05, 3.63) is 23.5 Å². The molecule has 2 heterocycles. The number of nitrogens with zero attached hydrogens (tertiary/aromatic N) is 4. The van der Waals surface area contributed by atoms with Crippen LogP contribution in [0.2, 0.25) is 0 Å². The van der Waals surface area contributed by atoms with E-state index in [0.717, 1.165) is 17.8 Å². The molecule has 0 unspecified atom stereocenters. The summed E-state index contributed by atoms with van der Waals surface area (Å²) < 4.78 is 1.66. The lowest BCUT2D eigenvalue weighted by Gasteiger charge is -2.14. The number of fused-ring (bicyclic) bond motifs is 1. The van der Waals surface area contributed by atoms with E-state index in [2.05, 4.69) is 10.1 Å². The predicted octanol–water partition coefficient (Wildman–Crippen LogP) is 0.916. The maximum atomic E-state index is 10.8. The maximum Gasteiger partial charge on any atom is 0.168 e. The summed E-state index contributed by atoms with van der Waals surface area (Å²) >= 11 is 0. The van der Waals surface area contributed by atoms with Gasteiger partial charge in [-0.25, -0.2) is 4.98 Å². The fourth-order valence-electron chi connectivity index (χ4n) is 1.48. The van der Waals surface area contributed by atoms with Crippen LogP contribution in [0.15, 0.2) is 12.3 Å². The minimum atomic E-state index is 0.516. The van der Waals surface area contributed by atoms with E-state index in [1.165, 1.54) is 6.20 Å². The van der Waals surface area contributed by atoms with Crippen LogP contribution >= 0.6 is 0 Å². The molecule has 0 aliphatic carbocycles. The van der Waals surface area contributed by atoms with E-state index in [1.54, 1.807) is 4.52 Å². The molecule has 2 aromatic rings. The zero-order valence-corrected chi connectivity index (χ0v) is 8.93.